The van der Waals surface area contributed by atoms with Gasteiger partial charge in [-0.15, -0.1) is 0 Å². The number of fused-ring (bicyclic) bond motifs is 1. The fourth-order valence-electron chi connectivity index (χ4n) is 3.65. The van der Waals surface area contributed by atoms with Crippen molar-refractivity contribution in [2.24, 2.45) is 13.0 Å². The van der Waals surface area contributed by atoms with Gasteiger partial charge in [0.15, 0.2) is 6.33 Å². The molecule has 12 nitrogen and oxygen atoms in total. The van der Waals surface area contributed by atoms with Gasteiger partial charge in [0.2, 0.25) is 17.7 Å². The number of hydrogen-bond donors (Lipinski definition) is 3. The van der Waals surface area contributed by atoms with E-state index in [9.17, 15) is 14.7 Å². The van der Waals surface area contributed by atoms with Gasteiger partial charge in [-0.05, 0) is 0 Å². The van der Waals surface area contributed by atoms with E-state index >= 15 is 0 Å². The van der Waals surface area contributed by atoms with E-state index in [4.69, 9.17) is 19.9 Å². The third-order valence-corrected chi connectivity index (χ3v) is 5.24. The highest BCUT2D eigenvalue weighted by molar-refractivity contribution is 5.76. The number of hydrogen-bond acceptors (Lipinski definition) is 8. The number of aryl methyl sites for hydroxylation is 1. The van der Waals surface area contributed by atoms with Crippen LogP contribution in [0.25, 0.3) is 11.2 Å². The first-order valence-corrected chi connectivity index (χ1v) is 9.68. The van der Waals surface area contributed by atoms with Crippen LogP contribution >= 0.6 is 0 Å². The molecule has 3 atom stereocenters. The minimum atomic E-state index is -0.960. The molecular weight excluding hydrogens is 396 g/mol. The summed E-state index contributed by atoms with van der Waals surface area (Å²) in [6.45, 7) is 1.90. The van der Waals surface area contributed by atoms with Crippen molar-refractivity contribution >= 4 is 23.0 Å². The number of aliphatic hydroxyl groups is 1. The van der Waals surface area contributed by atoms with E-state index in [2.05, 4.69) is 9.97 Å². The van der Waals surface area contributed by atoms with Gasteiger partial charge in [-0.2, -0.15) is 0 Å². The van der Waals surface area contributed by atoms with E-state index < -0.39 is 18.2 Å². The largest absolute Gasteiger partial charge is 0.386 e. The molecule has 2 aromatic rings. The minimum Gasteiger partial charge on any atom is -0.386 e. The lowest BCUT2D eigenvalue weighted by Gasteiger charge is -2.24. The summed E-state index contributed by atoms with van der Waals surface area (Å²) in [5.41, 5.74) is 5.91. The average molecular weight is 425 g/mol. The van der Waals surface area contributed by atoms with Gasteiger partial charge in [-0.25, -0.2) is 4.57 Å². The van der Waals surface area contributed by atoms with Crippen LogP contribution in [0, 0.1) is 5.92 Å². The van der Waals surface area contributed by atoms with Gasteiger partial charge in [-0.3, -0.25) is 19.1 Å². The third-order valence-electron chi connectivity index (χ3n) is 5.24. The zero-order valence-corrected chi connectivity index (χ0v) is 17.4. The molecule has 1 aliphatic heterocycles. The highest BCUT2D eigenvalue weighted by Crippen LogP contribution is 2.28. The summed E-state index contributed by atoms with van der Waals surface area (Å²) in [6.07, 6.45) is -0.00863. The molecule has 0 saturated carbocycles. The zero-order chi connectivity index (χ0) is 21.8. The van der Waals surface area contributed by atoms with Crippen molar-refractivity contribution in [1.82, 2.24) is 19.4 Å². The first-order chi connectivity index (χ1) is 14.4. The van der Waals surface area contributed by atoms with Crippen molar-refractivity contribution in [3.8, 4) is 0 Å². The molecular formula is C18H29N6O6+. The predicted molar refractivity (Wildman–Crippen MR) is 105 cm³/mol. The number of rotatable bonds is 9. The molecule has 2 aromatic heterocycles. The maximum Gasteiger partial charge on any atom is 0.313 e. The quantitative estimate of drug-likeness (QED) is 0.397. The lowest BCUT2D eigenvalue weighted by molar-refractivity contribution is -0.744. The number of aromatic amines is 1. The van der Waals surface area contributed by atoms with E-state index in [0.717, 1.165) is 0 Å². The second-order valence-corrected chi connectivity index (χ2v) is 7.30. The molecule has 1 aliphatic rings. The number of amides is 1. The highest BCUT2D eigenvalue weighted by Gasteiger charge is 2.42. The Morgan fingerprint density at radius 2 is 2.10 bits per heavy atom. The lowest BCUT2D eigenvalue weighted by Crippen LogP contribution is -2.46. The molecule has 0 aliphatic carbocycles. The standard InChI is InChI=1S/C18H28N6O6/c1-22-10-24(15-13(22)16(27)21-18(19)20-15)17-14(26)11(9-30-17)8-12(25)23(4-6-28-2)5-7-29-3/h10-11,14,17,26H,4-9H2,1-3H3,(H2-,19,20,21,27)/p+1/t11-,14-,17?/m1/s1. The summed E-state index contributed by atoms with van der Waals surface area (Å²) in [6, 6.07) is 0. The van der Waals surface area contributed by atoms with Crippen LogP contribution in [0.1, 0.15) is 12.6 Å². The molecule has 30 heavy (non-hydrogen) atoms. The van der Waals surface area contributed by atoms with E-state index in [-0.39, 0.29) is 30.4 Å². The van der Waals surface area contributed by atoms with Crippen LogP contribution in [-0.2, 0) is 26.1 Å². The minimum absolute atomic E-state index is 0.0291. The fraction of sp³-hybridized carbons (Fsp3) is 0.667. The van der Waals surface area contributed by atoms with E-state index in [1.807, 2.05) is 0 Å². The number of imidazole rings is 1. The number of anilines is 1. The van der Waals surface area contributed by atoms with Crippen LogP contribution in [0.15, 0.2) is 11.1 Å². The molecule has 0 radical (unpaired) electrons. The number of H-pyrrole nitrogens is 1. The van der Waals surface area contributed by atoms with Crippen LogP contribution in [0.2, 0.25) is 0 Å². The summed E-state index contributed by atoms with van der Waals surface area (Å²) in [7, 11) is 4.84. The number of ether oxygens (including phenoxy) is 3. The van der Waals surface area contributed by atoms with E-state index in [0.29, 0.717) is 37.5 Å². The molecule has 1 amide bonds. The number of nitrogens with zero attached hydrogens (tertiary/aromatic N) is 4. The number of nitrogen functional groups attached to an aromatic ring is 1. The second kappa shape index (κ2) is 9.51. The predicted octanol–water partition coefficient (Wildman–Crippen LogP) is -1.85. The Morgan fingerprint density at radius 3 is 2.73 bits per heavy atom. The summed E-state index contributed by atoms with van der Waals surface area (Å²) >= 11 is 0. The van der Waals surface area contributed by atoms with Crippen LogP contribution in [0.5, 0.6) is 0 Å². The maximum absolute atomic E-state index is 12.8. The number of nitrogens with one attached hydrogen (secondary N) is 1. The second-order valence-electron chi connectivity index (χ2n) is 7.30. The Kier molecular flexibility index (Phi) is 7.02. The van der Waals surface area contributed by atoms with Crippen LogP contribution < -0.4 is 15.9 Å². The monoisotopic (exact) mass is 425 g/mol. The Hall–Kier alpha value is -2.54. The first kappa shape index (κ1) is 22.2. The maximum atomic E-state index is 12.8. The molecule has 0 aromatic carbocycles. The molecule has 12 heteroatoms. The third kappa shape index (κ3) is 4.46. The normalized spacial score (nSPS) is 21.4. The van der Waals surface area contributed by atoms with Crippen molar-refractivity contribution in [2.75, 3.05) is 52.9 Å². The summed E-state index contributed by atoms with van der Waals surface area (Å²) in [5, 5.41) is 10.9. The van der Waals surface area contributed by atoms with Crippen LogP contribution in [-0.4, -0.2) is 83.7 Å². The van der Waals surface area contributed by atoms with Gasteiger partial charge < -0.3 is 30.0 Å². The van der Waals surface area contributed by atoms with Gasteiger partial charge in [0.25, 0.3) is 11.5 Å². The molecule has 1 unspecified atom stereocenters. The molecule has 3 rings (SSSR count). The average Bonchev–Trinajstić information content (AvgIpc) is 3.21. The molecule has 1 fully saturated rings. The smallest absolute Gasteiger partial charge is 0.313 e. The van der Waals surface area contributed by atoms with Gasteiger partial charge in [0.1, 0.15) is 6.10 Å². The van der Waals surface area contributed by atoms with Crippen molar-refractivity contribution in [3.05, 3.63) is 16.7 Å². The summed E-state index contributed by atoms with van der Waals surface area (Å²) in [4.78, 5) is 33.3. The number of aliphatic hydroxyl groups excluding tert-OH is 1. The highest BCUT2D eigenvalue weighted by atomic mass is 16.5. The zero-order valence-electron chi connectivity index (χ0n) is 17.4. The van der Waals surface area contributed by atoms with E-state index in [1.54, 1.807) is 41.6 Å². The fourth-order valence-corrected chi connectivity index (χ4v) is 3.65. The van der Waals surface area contributed by atoms with E-state index in [1.165, 1.54) is 0 Å². The van der Waals surface area contributed by atoms with Crippen LogP contribution in [0.3, 0.4) is 0 Å². The molecule has 0 bridgehead atoms. The topological polar surface area (TPSA) is 149 Å². The van der Waals surface area contributed by atoms with Gasteiger partial charge in [0, 0.05) is 39.6 Å². The van der Waals surface area contributed by atoms with Crippen LogP contribution in [0.4, 0.5) is 5.95 Å². The van der Waals surface area contributed by atoms with Crippen molar-refractivity contribution in [2.45, 2.75) is 18.8 Å². The first-order valence-electron chi connectivity index (χ1n) is 9.68. The number of methoxy groups -OCH3 is 2. The number of carbonyl (C=O) groups is 1. The van der Waals surface area contributed by atoms with Gasteiger partial charge in [-0.1, -0.05) is 4.98 Å². The van der Waals surface area contributed by atoms with Crippen molar-refractivity contribution in [1.29, 1.82) is 0 Å². The molecule has 166 valence electrons. The Bertz CT molecular complexity index is 935. The number of nitrogens with two attached hydrogens (primary N) is 1. The van der Waals surface area contributed by atoms with Crippen molar-refractivity contribution in [3.63, 3.8) is 0 Å². The van der Waals surface area contributed by atoms with Gasteiger partial charge in [0.05, 0.1) is 26.9 Å². The molecule has 0 spiro atoms. The van der Waals surface area contributed by atoms with Gasteiger partial charge >= 0.3 is 5.65 Å². The lowest BCUT2D eigenvalue weighted by atomic mass is 10.00. The SMILES string of the molecule is COCCN(CCOC)C(=O)C[C@@H]1COC([n+]2cn(C)c3c(=O)[nH]c(N)nc32)[C@@H]1O. The molecule has 3 heterocycles. The van der Waals surface area contributed by atoms with Crippen molar-refractivity contribution < 1.29 is 28.7 Å². The number of carbonyl (C=O) groups excluding carboxylic acids is 1. The number of aromatic nitrogens is 4. The Labute approximate surface area is 173 Å². The Balaban J connectivity index is 1.76. The molecule has 4 N–H and O–H groups in total. The summed E-state index contributed by atoms with van der Waals surface area (Å²) < 4.78 is 19.1. The Morgan fingerprint density at radius 1 is 1.43 bits per heavy atom. The molecule has 1 saturated heterocycles. The summed E-state index contributed by atoms with van der Waals surface area (Å²) in [5.74, 6) is -0.546.